The number of fused-ring (bicyclic) bond motifs is 1. The summed E-state index contributed by atoms with van der Waals surface area (Å²) in [6.45, 7) is 6.96. The molecule has 0 fully saturated rings. The van der Waals surface area contributed by atoms with E-state index in [1.54, 1.807) is 17.0 Å². The van der Waals surface area contributed by atoms with Crippen LogP contribution < -0.4 is 0 Å². The largest absolute Gasteiger partial charge is 0.503 e. The average molecular weight is 425 g/mol. The minimum Gasteiger partial charge on any atom is -0.503 e. The summed E-state index contributed by atoms with van der Waals surface area (Å²) < 4.78 is 5.73. The van der Waals surface area contributed by atoms with Crippen LogP contribution in [0.3, 0.4) is 0 Å². The average Bonchev–Trinajstić information content (AvgIpc) is 3.48. The summed E-state index contributed by atoms with van der Waals surface area (Å²) >= 11 is 1.46. The van der Waals surface area contributed by atoms with Crippen LogP contribution in [0.5, 0.6) is 0 Å². The lowest BCUT2D eigenvalue weighted by Gasteiger charge is -2.28. The monoisotopic (exact) mass is 424 g/mol. The Labute approximate surface area is 179 Å². The van der Waals surface area contributed by atoms with Crippen LogP contribution in [0.15, 0.2) is 63.6 Å². The molecule has 3 heterocycles. The SMILES string of the molecule is CCN(CC)CCN1C(=O)C(O)=C(C(=O)c2cc3ccccc3o2)[C@H]1c1cccs1. The van der Waals surface area contributed by atoms with Crippen molar-refractivity contribution in [2.75, 3.05) is 26.2 Å². The third kappa shape index (κ3) is 3.55. The van der Waals surface area contributed by atoms with Crippen molar-refractivity contribution in [3.8, 4) is 0 Å². The number of rotatable bonds is 8. The van der Waals surface area contributed by atoms with Crippen LogP contribution in [0.1, 0.15) is 35.3 Å². The predicted molar refractivity (Wildman–Crippen MR) is 117 cm³/mol. The number of amides is 1. The summed E-state index contributed by atoms with van der Waals surface area (Å²) in [4.78, 5) is 31.0. The summed E-state index contributed by atoms with van der Waals surface area (Å²) in [5.41, 5.74) is 0.678. The van der Waals surface area contributed by atoms with E-state index in [1.807, 2.05) is 35.7 Å². The molecule has 3 aromatic rings. The number of Topliss-reactive ketones (excluding diaryl/α,β-unsaturated/α-hetero) is 1. The van der Waals surface area contributed by atoms with Gasteiger partial charge < -0.3 is 19.3 Å². The zero-order chi connectivity index (χ0) is 21.3. The van der Waals surface area contributed by atoms with E-state index < -0.39 is 23.5 Å². The van der Waals surface area contributed by atoms with Gasteiger partial charge in [0.05, 0.1) is 11.6 Å². The van der Waals surface area contributed by atoms with Crippen LogP contribution in [0.25, 0.3) is 11.0 Å². The summed E-state index contributed by atoms with van der Waals surface area (Å²) in [5, 5.41) is 13.4. The van der Waals surface area contributed by atoms with E-state index >= 15 is 0 Å². The lowest BCUT2D eigenvalue weighted by molar-refractivity contribution is -0.129. The number of likely N-dealkylation sites (N-methyl/N-ethyl adjacent to an activating group) is 1. The van der Waals surface area contributed by atoms with Crippen LogP contribution >= 0.6 is 11.3 Å². The molecule has 7 heteroatoms. The Balaban J connectivity index is 1.71. The van der Waals surface area contributed by atoms with Gasteiger partial charge in [-0.15, -0.1) is 11.3 Å². The number of furan rings is 1. The predicted octanol–water partition coefficient (Wildman–Crippen LogP) is 4.41. The quantitative estimate of drug-likeness (QED) is 0.542. The lowest BCUT2D eigenvalue weighted by atomic mass is 10.00. The van der Waals surface area contributed by atoms with Gasteiger partial charge in [0.15, 0.2) is 11.5 Å². The number of hydrogen-bond acceptors (Lipinski definition) is 6. The highest BCUT2D eigenvalue weighted by atomic mass is 32.1. The molecule has 0 unspecified atom stereocenters. The number of thiophene rings is 1. The van der Waals surface area contributed by atoms with Crippen LogP contribution in [0.4, 0.5) is 0 Å². The normalized spacial score (nSPS) is 17.0. The molecule has 156 valence electrons. The minimum atomic E-state index is -0.617. The van der Waals surface area contributed by atoms with Crippen molar-refractivity contribution >= 4 is 34.0 Å². The lowest BCUT2D eigenvalue weighted by Crippen LogP contribution is -2.38. The molecule has 6 nitrogen and oxygen atoms in total. The molecule has 1 aromatic carbocycles. The number of ketones is 1. The highest BCUT2D eigenvalue weighted by Gasteiger charge is 2.44. The van der Waals surface area contributed by atoms with E-state index in [0.29, 0.717) is 18.7 Å². The van der Waals surface area contributed by atoms with Gasteiger partial charge in [-0.2, -0.15) is 0 Å². The number of para-hydroxylation sites is 1. The minimum absolute atomic E-state index is 0.0843. The maximum atomic E-state index is 13.4. The van der Waals surface area contributed by atoms with Crippen molar-refractivity contribution in [1.82, 2.24) is 9.80 Å². The Kier molecular flexibility index (Phi) is 5.74. The van der Waals surface area contributed by atoms with Crippen molar-refractivity contribution in [3.63, 3.8) is 0 Å². The van der Waals surface area contributed by atoms with Crippen LogP contribution in [0, 0.1) is 0 Å². The van der Waals surface area contributed by atoms with Crippen molar-refractivity contribution in [2.45, 2.75) is 19.9 Å². The number of benzene rings is 1. The molecule has 30 heavy (non-hydrogen) atoms. The number of aliphatic hydroxyl groups is 1. The number of aliphatic hydroxyl groups excluding tert-OH is 1. The zero-order valence-corrected chi connectivity index (χ0v) is 17.8. The molecular formula is C23H24N2O4S. The maximum absolute atomic E-state index is 13.4. The first-order chi connectivity index (χ1) is 14.5. The van der Waals surface area contributed by atoms with Gasteiger partial charge in [-0.3, -0.25) is 9.59 Å². The van der Waals surface area contributed by atoms with E-state index in [4.69, 9.17) is 4.42 Å². The Hall–Kier alpha value is -2.90. The smallest absolute Gasteiger partial charge is 0.290 e. The molecule has 0 saturated carbocycles. The standard InChI is InChI=1S/C23H24N2O4S/c1-3-24(4-2)11-12-25-20(18-10-7-13-30-18)19(22(27)23(25)28)21(26)17-14-15-8-5-6-9-16(15)29-17/h5-10,13-14,20,27H,3-4,11-12H2,1-2H3/t20-/m1/s1. The second kappa shape index (κ2) is 8.45. The molecule has 2 aromatic heterocycles. The van der Waals surface area contributed by atoms with Crippen molar-refractivity contribution < 1.29 is 19.1 Å². The number of carbonyl (C=O) groups is 2. The second-order valence-electron chi connectivity index (χ2n) is 7.18. The Morgan fingerprint density at radius 2 is 1.97 bits per heavy atom. The molecule has 0 bridgehead atoms. The van der Waals surface area contributed by atoms with Crippen LogP contribution in [-0.2, 0) is 4.79 Å². The van der Waals surface area contributed by atoms with E-state index in [-0.39, 0.29) is 11.3 Å². The number of hydrogen-bond donors (Lipinski definition) is 1. The van der Waals surface area contributed by atoms with Gasteiger partial charge >= 0.3 is 0 Å². The van der Waals surface area contributed by atoms with E-state index in [0.717, 1.165) is 23.4 Å². The zero-order valence-electron chi connectivity index (χ0n) is 17.0. The van der Waals surface area contributed by atoms with Gasteiger partial charge in [-0.1, -0.05) is 38.1 Å². The Bertz CT molecular complexity index is 1060. The van der Waals surface area contributed by atoms with Crippen molar-refractivity contribution in [1.29, 1.82) is 0 Å². The molecule has 1 aliphatic heterocycles. The van der Waals surface area contributed by atoms with Crippen LogP contribution in [-0.4, -0.2) is 52.8 Å². The molecule has 1 amide bonds. The van der Waals surface area contributed by atoms with Gasteiger partial charge in [0.25, 0.3) is 5.91 Å². The Morgan fingerprint density at radius 1 is 1.20 bits per heavy atom. The summed E-state index contributed by atoms with van der Waals surface area (Å²) in [5.74, 6) is -1.34. The fraction of sp³-hybridized carbons (Fsp3) is 0.304. The van der Waals surface area contributed by atoms with Crippen molar-refractivity contribution in [3.05, 3.63) is 69.8 Å². The summed E-state index contributed by atoms with van der Waals surface area (Å²) in [6, 6.07) is 12.2. The van der Waals surface area contributed by atoms with E-state index in [2.05, 4.69) is 18.7 Å². The van der Waals surface area contributed by atoms with Gasteiger partial charge in [0.1, 0.15) is 5.58 Å². The molecule has 0 saturated heterocycles. The molecule has 0 radical (unpaired) electrons. The second-order valence-corrected chi connectivity index (χ2v) is 8.16. The van der Waals surface area contributed by atoms with Gasteiger partial charge in [-0.25, -0.2) is 0 Å². The third-order valence-corrected chi connectivity index (χ3v) is 6.49. The highest BCUT2D eigenvalue weighted by Crippen LogP contribution is 2.41. The highest BCUT2D eigenvalue weighted by molar-refractivity contribution is 7.10. The molecule has 1 atom stereocenters. The molecule has 4 rings (SSSR count). The van der Waals surface area contributed by atoms with Gasteiger partial charge in [0.2, 0.25) is 5.78 Å². The molecule has 1 N–H and O–H groups in total. The van der Waals surface area contributed by atoms with Gasteiger partial charge in [-0.05, 0) is 36.7 Å². The summed E-state index contributed by atoms with van der Waals surface area (Å²) in [7, 11) is 0. The van der Waals surface area contributed by atoms with Crippen LogP contribution in [0.2, 0.25) is 0 Å². The molecule has 0 aliphatic carbocycles. The molecular weight excluding hydrogens is 400 g/mol. The maximum Gasteiger partial charge on any atom is 0.290 e. The first-order valence-electron chi connectivity index (χ1n) is 10.1. The van der Waals surface area contributed by atoms with E-state index in [1.165, 1.54) is 11.3 Å². The number of carbonyl (C=O) groups excluding carboxylic acids is 2. The molecule has 0 spiro atoms. The fourth-order valence-electron chi connectivity index (χ4n) is 3.87. The van der Waals surface area contributed by atoms with Crippen molar-refractivity contribution in [2.24, 2.45) is 0 Å². The summed E-state index contributed by atoms with van der Waals surface area (Å²) in [6.07, 6.45) is 0. The van der Waals surface area contributed by atoms with E-state index in [9.17, 15) is 14.7 Å². The molecule has 1 aliphatic rings. The van der Waals surface area contributed by atoms with Gasteiger partial charge in [0, 0.05) is 23.4 Å². The Morgan fingerprint density at radius 3 is 2.63 bits per heavy atom. The third-order valence-electron chi connectivity index (χ3n) is 5.56. The first kappa shape index (κ1) is 20.4. The fourth-order valence-corrected chi connectivity index (χ4v) is 4.72. The number of nitrogens with zero attached hydrogens (tertiary/aromatic N) is 2. The topological polar surface area (TPSA) is 74.0 Å². The first-order valence-corrected chi connectivity index (χ1v) is 11.0.